The van der Waals surface area contributed by atoms with E-state index in [4.69, 9.17) is 11.6 Å². The molecule has 1 N–H and O–H groups in total. The number of aromatic hydroxyl groups is 1. The minimum absolute atomic E-state index is 0.0903. The summed E-state index contributed by atoms with van der Waals surface area (Å²) in [6.07, 6.45) is 4.94. The molecule has 0 saturated heterocycles. The molecule has 0 unspecified atom stereocenters. The van der Waals surface area contributed by atoms with E-state index in [-0.39, 0.29) is 57.1 Å². The Morgan fingerprint density at radius 3 is 2.13 bits per heavy atom. The summed E-state index contributed by atoms with van der Waals surface area (Å²) in [5, 5.41) is 12.1. The summed E-state index contributed by atoms with van der Waals surface area (Å²) < 4.78 is 0. The molecule has 4 atom stereocenters. The van der Waals surface area contributed by atoms with Gasteiger partial charge in [0.15, 0.2) is 11.6 Å². The van der Waals surface area contributed by atoms with E-state index < -0.39 is 0 Å². The number of rotatable bonds is 0. The van der Waals surface area contributed by atoms with E-state index in [0.717, 1.165) is 6.42 Å². The van der Waals surface area contributed by atoms with E-state index in [2.05, 4.69) is 6.08 Å². The smallest absolute Gasteiger partial charge is 0.171 e. The predicted molar refractivity (Wildman–Crippen MR) is 87.0 cm³/mol. The highest BCUT2D eigenvalue weighted by Crippen LogP contribution is 2.55. The molecule has 5 rings (SSSR count). The SMILES string of the molecule is O=C1c2c(c(Cl)c3ccccc3c2O)C(=O)[C@H]2[C@@H]1[C@H]1C=C[C@@H]2C1. The van der Waals surface area contributed by atoms with Gasteiger partial charge in [0, 0.05) is 22.6 Å². The van der Waals surface area contributed by atoms with Gasteiger partial charge in [0.1, 0.15) is 5.75 Å². The Bertz CT molecular complexity index is 869. The number of phenols is 1. The number of allylic oxidation sites excluding steroid dienone is 2. The van der Waals surface area contributed by atoms with Gasteiger partial charge in [-0.2, -0.15) is 0 Å². The fraction of sp³-hybridized carbons (Fsp3) is 0.263. The monoisotopic (exact) mass is 324 g/mol. The number of hydrogen-bond acceptors (Lipinski definition) is 3. The number of fused-ring (bicyclic) bond motifs is 7. The maximum Gasteiger partial charge on any atom is 0.171 e. The molecule has 2 bridgehead atoms. The molecule has 3 aliphatic carbocycles. The van der Waals surface area contributed by atoms with Crippen LogP contribution in [-0.4, -0.2) is 16.7 Å². The standard InChI is InChI=1S/C19H13ClO3/c20-16-10-3-1-2-4-11(10)17(21)15-14(16)18(22)12-8-5-6-9(7-8)13(12)19(15)23/h1-6,8-9,12-13,21H,7H2/t8-,9+,12-,13+/m1/s1. The van der Waals surface area contributed by atoms with Crippen LogP contribution >= 0.6 is 11.6 Å². The second kappa shape index (κ2) is 4.24. The molecule has 23 heavy (non-hydrogen) atoms. The molecule has 3 aliphatic rings. The first kappa shape index (κ1) is 13.3. The molecule has 114 valence electrons. The van der Waals surface area contributed by atoms with Crippen molar-refractivity contribution in [2.24, 2.45) is 23.7 Å². The molecule has 0 aromatic heterocycles. The average molecular weight is 325 g/mol. The van der Waals surface area contributed by atoms with Crippen molar-refractivity contribution in [3.63, 3.8) is 0 Å². The summed E-state index contributed by atoms with van der Waals surface area (Å²) in [5.41, 5.74) is 0.343. The zero-order valence-corrected chi connectivity index (χ0v) is 12.9. The summed E-state index contributed by atoms with van der Waals surface area (Å²) in [7, 11) is 0. The largest absolute Gasteiger partial charge is 0.507 e. The van der Waals surface area contributed by atoms with Crippen molar-refractivity contribution in [1.29, 1.82) is 0 Å². The average Bonchev–Trinajstić information content (AvgIpc) is 3.17. The van der Waals surface area contributed by atoms with Gasteiger partial charge in [-0.15, -0.1) is 0 Å². The van der Waals surface area contributed by atoms with Gasteiger partial charge in [-0.25, -0.2) is 0 Å². The van der Waals surface area contributed by atoms with Gasteiger partial charge in [0.05, 0.1) is 16.1 Å². The number of phenolic OH excluding ortho intramolecular Hbond substituents is 1. The summed E-state index contributed by atoms with van der Waals surface area (Å²) >= 11 is 6.48. The van der Waals surface area contributed by atoms with Crippen molar-refractivity contribution in [3.8, 4) is 5.75 Å². The van der Waals surface area contributed by atoms with Crippen molar-refractivity contribution in [2.45, 2.75) is 6.42 Å². The molecular weight excluding hydrogens is 312 g/mol. The van der Waals surface area contributed by atoms with Crippen LogP contribution in [0.15, 0.2) is 36.4 Å². The molecule has 0 aliphatic heterocycles. The lowest BCUT2D eigenvalue weighted by atomic mass is 9.68. The van der Waals surface area contributed by atoms with Gasteiger partial charge in [-0.05, 0) is 18.3 Å². The Balaban J connectivity index is 1.87. The van der Waals surface area contributed by atoms with Crippen molar-refractivity contribution in [1.82, 2.24) is 0 Å². The Labute approximate surface area is 137 Å². The number of ketones is 2. The highest BCUT2D eigenvalue weighted by atomic mass is 35.5. The number of benzene rings is 2. The van der Waals surface area contributed by atoms with Crippen LogP contribution in [0.4, 0.5) is 0 Å². The number of hydrogen-bond donors (Lipinski definition) is 1. The Hall–Kier alpha value is -2.13. The van der Waals surface area contributed by atoms with Crippen LogP contribution in [0.2, 0.25) is 5.02 Å². The third kappa shape index (κ3) is 1.46. The second-order valence-corrected chi connectivity index (χ2v) is 7.06. The molecule has 3 nitrogen and oxygen atoms in total. The van der Waals surface area contributed by atoms with Gasteiger partial charge in [-0.1, -0.05) is 48.0 Å². The lowest BCUT2D eigenvalue weighted by Crippen LogP contribution is -2.39. The summed E-state index contributed by atoms with van der Waals surface area (Å²) in [4.78, 5) is 26.1. The zero-order valence-electron chi connectivity index (χ0n) is 12.1. The van der Waals surface area contributed by atoms with Crippen molar-refractivity contribution in [3.05, 3.63) is 52.6 Å². The lowest BCUT2D eigenvalue weighted by molar-refractivity contribution is 0.0718. The van der Waals surface area contributed by atoms with Crippen LogP contribution < -0.4 is 0 Å². The maximum absolute atomic E-state index is 13.1. The summed E-state index contributed by atoms with van der Waals surface area (Å²) in [5.74, 6) is -0.752. The van der Waals surface area contributed by atoms with Crippen LogP contribution in [0.3, 0.4) is 0 Å². The third-order valence-electron chi connectivity index (χ3n) is 5.68. The Morgan fingerprint density at radius 2 is 1.48 bits per heavy atom. The fourth-order valence-corrected chi connectivity index (χ4v) is 5.07. The highest BCUT2D eigenvalue weighted by molar-refractivity contribution is 6.41. The number of halogens is 1. The van der Waals surface area contributed by atoms with Crippen molar-refractivity contribution in [2.75, 3.05) is 0 Å². The van der Waals surface area contributed by atoms with E-state index in [9.17, 15) is 14.7 Å². The lowest BCUT2D eigenvalue weighted by Gasteiger charge is -2.32. The maximum atomic E-state index is 13.1. The van der Waals surface area contributed by atoms with Crippen molar-refractivity contribution >= 4 is 33.9 Å². The summed E-state index contributed by atoms with van der Waals surface area (Å²) in [6.45, 7) is 0. The summed E-state index contributed by atoms with van der Waals surface area (Å²) in [6, 6.07) is 7.07. The van der Waals surface area contributed by atoms with Crippen LogP contribution in [-0.2, 0) is 0 Å². The first-order chi connectivity index (χ1) is 11.1. The molecule has 0 heterocycles. The van der Waals surface area contributed by atoms with Gasteiger partial charge >= 0.3 is 0 Å². The molecule has 1 fully saturated rings. The minimum Gasteiger partial charge on any atom is -0.507 e. The van der Waals surface area contributed by atoms with Crippen LogP contribution in [0.25, 0.3) is 10.8 Å². The molecule has 1 saturated carbocycles. The second-order valence-electron chi connectivity index (χ2n) is 6.69. The fourth-order valence-electron chi connectivity index (χ4n) is 4.72. The molecular formula is C19H13ClO3. The first-order valence-corrected chi connectivity index (χ1v) is 8.17. The van der Waals surface area contributed by atoms with E-state index in [1.54, 1.807) is 24.3 Å². The van der Waals surface area contributed by atoms with Crippen LogP contribution in [0.1, 0.15) is 27.1 Å². The highest BCUT2D eigenvalue weighted by Gasteiger charge is 2.56. The van der Waals surface area contributed by atoms with Crippen molar-refractivity contribution < 1.29 is 14.7 Å². The van der Waals surface area contributed by atoms with E-state index in [1.807, 2.05) is 6.08 Å². The first-order valence-electron chi connectivity index (χ1n) is 7.79. The van der Waals surface area contributed by atoms with Gasteiger partial charge in [-0.3, -0.25) is 9.59 Å². The predicted octanol–water partition coefficient (Wildman–Crippen LogP) is 4.02. The molecule has 0 amide bonds. The third-order valence-corrected chi connectivity index (χ3v) is 6.08. The molecule has 0 spiro atoms. The molecule has 2 aromatic carbocycles. The zero-order chi connectivity index (χ0) is 15.9. The van der Waals surface area contributed by atoms with Gasteiger partial charge in [0.25, 0.3) is 0 Å². The Kier molecular flexibility index (Phi) is 2.45. The van der Waals surface area contributed by atoms with Gasteiger partial charge in [0.2, 0.25) is 0 Å². The number of carbonyl (C=O) groups excluding carboxylic acids is 2. The molecule has 2 aromatic rings. The number of Topliss-reactive ketones (excluding diaryl/α,β-unsaturated/α-hetero) is 2. The van der Waals surface area contributed by atoms with Crippen LogP contribution in [0.5, 0.6) is 5.75 Å². The van der Waals surface area contributed by atoms with E-state index in [0.29, 0.717) is 10.8 Å². The normalized spacial score (nSPS) is 30.8. The topological polar surface area (TPSA) is 54.4 Å². The molecule has 4 heteroatoms. The number of carbonyl (C=O) groups is 2. The van der Waals surface area contributed by atoms with E-state index >= 15 is 0 Å². The minimum atomic E-state index is -0.340. The molecule has 0 radical (unpaired) electrons. The Morgan fingerprint density at radius 1 is 0.913 bits per heavy atom. The van der Waals surface area contributed by atoms with E-state index in [1.165, 1.54) is 0 Å². The quantitative estimate of drug-likeness (QED) is 0.745. The van der Waals surface area contributed by atoms with Crippen LogP contribution in [0, 0.1) is 23.7 Å². The van der Waals surface area contributed by atoms with Gasteiger partial charge < -0.3 is 5.11 Å².